The second-order valence-electron chi connectivity index (χ2n) is 7.50. The summed E-state index contributed by atoms with van der Waals surface area (Å²) in [6.45, 7) is 7.83. The summed E-state index contributed by atoms with van der Waals surface area (Å²) in [5, 5.41) is 12.4. The van der Waals surface area contributed by atoms with Crippen LogP contribution in [0.2, 0.25) is 0 Å². The molecule has 0 fully saturated rings. The number of thiophene rings is 1. The van der Waals surface area contributed by atoms with Crippen molar-refractivity contribution in [3.05, 3.63) is 51.7 Å². The Bertz CT molecular complexity index is 1140. The number of aromatic nitrogens is 3. The molecule has 3 rings (SSSR count). The molecule has 0 spiro atoms. The molecule has 1 aromatic carbocycles. The van der Waals surface area contributed by atoms with Gasteiger partial charge in [0.05, 0.1) is 18.4 Å². The minimum absolute atomic E-state index is 0.123. The molecular weight excluding hydrogens is 460 g/mol. The van der Waals surface area contributed by atoms with E-state index in [1.807, 2.05) is 63.6 Å². The Morgan fingerprint density at radius 2 is 1.91 bits per heavy atom. The molecule has 1 unspecified atom stereocenters. The van der Waals surface area contributed by atoms with Gasteiger partial charge >= 0.3 is 5.97 Å². The van der Waals surface area contributed by atoms with Gasteiger partial charge < -0.3 is 19.4 Å². The van der Waals surface area contributed by atoms with Crippen molar-refractivity contribution >= 4 is 40.0 Å². The number of carbonyl (C=O) groups is 2. The first-order valence-corrected chi connectivity index (χ1v) is 12.3. The number of hydrogen-bond acceptors (Lipinski definition) is 8. The summed E-state index contributed by atoms with van der Waals surface area (Å²) < 4.78 is 12.7. The molecule has 0 aliphatic carbocycles. The van der Waals surface area contributed by atoms with Crippen LogP contribution in [0.4, 0.5) is 5.00 Å². The smallest absolute Gasteiger partial charge is 0.341 e. The van der Waals surface area contributed by atoms with Crippen molar-refractivity contribution < 1.29 is 19.1 Å². The molecule has 0 saturated carbocycles. The van der Waals surface area contributed by atoms with Gasteiger partial charge in [-0.15, -0.1) is 21.5 Å². The van der Waals surface area contributed by atoms with E-state index in [4.69, 9.17) is 9.47 Å². The molecular formula is C23H28N4O4S2. The van der Waals surface area contributed by atoms with Crippen molar-refractivity contribution in [2.75, 3.05) is 18.2 Å². The quantitative estimate of drug-likeness (QED) is 0.344. The zero-order chi connectivity index (χ0) is 24.1. The van der Waals surface area contributed by atoms with E-state index in [-0.39, 0.29) is 17.8 Å². The van der Waals surface area contributed by atoms with Crippen molar-refractivity contribution in [2.45, 2.75) is 45.4 Å². The highest BCUT2D eigenvalue weighted by Gasteiger charge is 2.23. The van der Waals surface area contributed by atoms with Crippen LogP contribution in [0.1, 0.15) is 52.1 Å². The molecule has 0 radical (unpaired) electrons. The topological polar surface area (TPSA) is 95.3 Å². The van der Waals surface area contributed by atoms with E-state index in [1.54, 1.807) is 0 Å². The molecule has 1 N–H and O–H groups in total. The Labute approximate surface area is 201 Å². The molecule has 10 heteroatoms. The highest BCUT2D eigenvalue weighted by atomic mass is 32.2. The fraction of sp³-hybridized carbons (Fsp3) is 0.391. The molecule has 33 heavy (non-hydrogen) atoms. The predicted molar refractivity (Wildman–Crippen MR) is 130 cm³/mol. The first kappa shape index (κ1) is 24.8. The largest absolute Gasteiger partial charge is 0.483 e. The van der Waals surface area contributed by atoms with E-state index >= 15 is 0 Å². The summed E-state index contributed by atoms with van der Waals surface area (Å²) in [7, 11) is 3.18. The van der Waals surface area contributed by atoms with Crippen molar-refractivity contribution in [2.24, 2.45) is 7.05 Å². The standard InChI is InChI=1S/C23H28N4O4S2/c1-7-17-15(4)33-21(19(17)22(29)30-6)24-18(28)12-32-23-26-25-20(27(23)5)14(3)31-16-10-8-13(2)9-11-16/h8-11,14H,7,12H2,1-6H3,(H,24,28). The molecule has 1 atom stereocenters. The van der Waals surface area contributed by atoms with Crippen LogP contribution < -0.4 is 10.1 Å². The number of thioether (sulfide) groups is 1. The van der Waals surface area contributed by atoms with E-state index in [1.165, 1.54) is 30.2 Å². The third kappa shape index (κ3) is 5.75. The predicted octanol–water partition coefficient (Wildman–Crippen LogP) is 4.71. The molecule has 3 aromatic rings. The van der Waals surface area contributed by atoms with E-state index < -0.39 is 5.97 Å². The van der Waals surface area contributed by atoms with Crippen molar-refractivity contribution in [3.8, 4) is 5.75 Å². The molecule has 0 aliphatic heterocycles. The SMILES string of the molecule is CCc1c(C)sc(NC(=O)CSc2nnc(C(C)Oc3ccc(C)cc3)n2C)c1C(=O)OC. The van der Waals surface area contributed by atoms with Gasteiger partial charge in [-0.3, -0.25) is 4.79 Å². The average molecular weight is 489 g/mol. The molecule has 2 heterocycles. The van der Waals surface area contributed by atoms with Crippen LogP contribution >= 0.6 is 23.1 Å². The normalized spacial score (nSPS) is 11.8. The highest BCUT2D eigenvalue weighted by Crippen LogP contribution is 2.34. The van der Waals surface area contributed by atoms with Crippen LogP contribution in [0.15, 0.2) is 29.4 Å². The second kappa shape index (κ2) is 10.8. The summed E-state index contributed by atoms with van der Waals surface area (Å²) in [5.74, 6) is 0.858. The number of ether oxygens (including phenoxy) is 2. The minimum atomic E-state index is -0.445. The molecule has 0 saturated heterocycles. The Hall–Kier alpha value is -2.85. The number of aryl methyl sites for hydroxylation is 2. The van der Waals surface area contributed by atoms with Crippen LogP contribution in [0, 0.1) is 13.8 Å². The van der Waals surface area contributed by atoms with E-state index in [0.29, 0.717) is 28.0 Å². The zero-order valence-electron chi connectivity index (χ0n) is 19.6. The van der Waals surface area contributed by atoms with Crippen LogP contribution in [-0.2, 0) is 23.0 Å². The lowest BCUT2D eigenvalue weighted by Crippen LogP contribution is -2.16. The third-order valence-electron chi connectivity index (χ3n) is 5.10. The fourth-order valence-corrected chi connectivity index (χ4v) is 5.25. The van der Waals surface area contributed by atoms with Gasteiger partial charge in [0.25, 0.3) is 0 Å². The van der Waals surface area contributed by atoms with Gasteiger partial charge in [0.1, 0.15) is 10.8 Å². The van der Waals surface area contributed by atoms with Crippen LogP contribution in [0.5, 0.6) is 5.75 Å². The lowest BCUT2D eigenvalue weighted by atomic mass is 10.1. The number of hydrogen-bond donors (Lipinski definition) is 1. The number of methoxy groups -OCH3 is 1. The summed E-state index contributed by atoms with van der Waals surface area (Å²) >= 11 is 2.65. The number of nitrogens with one attached hydrogen (secondary N) is 1. The Morgan fingerprint density at radius 1 is 1.21 bits per heavy atom. The molecule has 1 amide bonds. The maximum atomic E-state index is 12.6. The average Bonchev–Trinajstić information content (AvgIpc) is 3.31. The summed E-state index contributed by atoms with van der Waals surface area (Å²) in [5.41, 5.74) is 2.49. The van der Waals surface area contributed by atoms with Crippen molar-refractivity contribution in [1.82, 2.24) is 14.8 Å². The van der Waals surface area contributed by atoms with Crippen LogP contribution in [-0.4, -0.2) is 39.5 Å². The number of esters is 1. The molecule has 176 valence electrons. The number of nitrogens with zero attached hydrogens (tertiary/aromatic N) is 3. The summed E-state index contributed by atoms with van der Waals surface area (Å²) in [6, 6.07) is 7.81. The fourth-order valence-electron chi connectivity index (χ4n) is 3.38. The minimum Gasteiger partial charge on any atom is -0.483 e. The van der Waals surface area contributed by atoms with Crippen LogP contribution in [0.25, 0.3) is 0 Å². The number of anilines is 1. The lowest BCUT2D eigenvalue weighted by molar-refractivity contribution is -0.113. The number of benzene rings is 1. The Morgan fingerprint density at radius 3 is 2.55 bits per heavy atom. The number of rotatable bonds is 9. The maximum absolute atomic E-state index is 12.6. The number of carbonyl (C=O) groups excluding carboxylic acids is 2. The van der Waals surface area contributed by atoms with Gasteiger partial charge in [-0.1, -0.05) is 36.4 Å². The summed E-state index contributed by atoms with van der Waals surface area (Å²) in [4.78, 5) is 25.8. The van der Waals surface area contributed by atoms with Gasteiger partial charge in [-0.05, 0) is 44.9 Å². The second-order valence-corrected chi connectivity index (χ2v) is 9.66. The molecule has 8 nitrogen and oxygen atoms in total. The Kier molecular flexibility index (Phi) is 8.15. The first-order chi connectivity index (χ1) is 15.7. The monoisotopic (exact) mass is 488 g/mol. The van der Waals surface area contributed by atoms with Gasteiger partial charge in [0, 0.05) is 11.9 Å². The first-order valence-electron chi connectivity index (χ1n) is 10.5. The van der Waals surface area contributed by atoms with Gasteiger partial charge in [-0.25, -0.2) is 4.79 Å². The maximum Gasteiger partial charge on any atom is 0.341 e. The van der Waals surface area contributed by atoms with Crippen molar-refractivity contribution in [1.29, 1.82) is 0 Å². The van der Waals surface area contributed by atoms with Crippen LogP contribution in [0.3, 0.4) is 0 Å². The summed E-state index contributed by atoms with van der Waals surface area (Å²) in [6.07, 6.45) is 0.375. The zero-order valence-corrected chi connectivity index (χ0v) is 21.2. The Balaban J connectivity index is 1.64. The molecule has 0 bridgehead atoms. The molecule has 0 aliphatic rings. The van der Waals surface area contributed by atoms with E-state index in [2.05, 4.69) is 15.5 Å². The third-order valence-corrected chi connectivity index (χ3v) is 7.19. The molecule has 2 aromatic heterocycles. The lowest BCUT2D eigenvalue weighted by Gasteiger charge is -2.14. The van der Waals surface area contributed by atoms with E-state index in [9.17, 15) is 9.59 Å². The van der Waals surface area contributed by atoms with Crippen molar-refractivity contribution in [3.63, 3.8) is 0 Å². The van der Waals surface area contributed by atoms with Gasteiger partial charge in [-0.2, -0.15) is 0 Å². The van der Waals surface area contributed by atoms with E-state index in [0.717, 1.165) is 21.8 Å². The van der Waals surface area contributed by atoms with Gasteiger partial charge in [0.15, 0.2) is 17.1 Å². The van der Waals surface area contributed by atoms with Gasteiger partial charge in [0.2, 0.25) is 5.91 Å². The number of amides is 1. The highest BCUT2D eigenvalue weighted by molar-refractivity contribution is 7.99.